The number of aromatic nitrogens is 2. The zero-order chi connectivity index (χ0) is 13.8. The molecule has 6 heteroatoms. The summed E-state index contributed by atoms with van der Waals surface area (Å²) in [6.45, 7) is 0.573. The quantitative estimate of drug-likeness (QED) is 0.809. The van der Waals surface area contributed by atoms with Crippen LogP contribution >= 0.6 is 15.9 Å². The van der Waals surface area contributed by atoms with Crippen LogP contribution in [0.25, 0.3) is 11.0 Å². The van der Waals surface area contributed by atoms with E-state index in [0.29, 0.717) is 13.0 Å². The Labute approximate surface area is 119 Å². The molecule has 0 amide bonds. The number of esters is 1. The fourth-order valence-electron chi connectivity index (χ4n) is 1.78. The number of hydrogen-bond acceptors (Lipinski definition) is 5. The lowest BCUT2D eigenvalue weighted by molar-refractivity contribution is -0.140. The standard InChI is InChI=1S/C13H14BrN3O2/c1-17(6-4-12(18)19-2)11-3-5-15-10-7-9(14)8-16-13(10)11/h3,5,7-8H,4,6H2,1-2H3. The molecule has 0 spiro atoms. The number of hydrogen-bond donors (Lipinski definition) is 0. The Morgan fingerprint density at radius 1 is 1.47 bits per heavy atom. The predicted molar refractivity (Wildman–Crippen MR) is 77.1 cm³/mol. The van der Waals surface area contributed by atoms with Gasteiger partial charge in [-0.15, -0.1) is 0 Å². The summed E-state index contributed by atoms with van der Waals surface area (Å²) >= 11 is 3.38. The van der Waals surface area contributed by atoms with Crippen molar-refractivity contribution in [1.82, 2.24) is 9.97 Å². The van der Waals surface area contributed by atoms with Gasteiger partial charge in [-0.05, 0) is 28.1 Å². The molecule has 100 valence electrons. The van der Waals surface area contributed by atoms with Crippen molar-refractivity contribution in [1.29, 1.82) is 0 Å². The summed E-state index contributed by atoms with van der Waals surface area (Å²) in [5.41, 5.74) is 2.58. The largest absolute Gasteiger partial charge is 0.469 e. The van der Waals surface area contributed by atoms with Crippen molar-refractivity contribution in [2.45, 2.75) is 6.42 Å². The summed E-state index contributed by atoms with van der Waals surface area (Å²) in [5, 5.41) is 0. The number of ether oxygens (including phenoxy) is 1. The van der Waals surface area contributed by atoms with Crippen LogP contribution in [0.4, 0.5) is 5.69 Å². The highest BCUT2D eigenvalue weighted by molar-refractivity contribution is 9.10. The van der Waals surface area contributed by atoms with Crippen LogP contribution in [0, 0.1) is 0 Å². The number of halogens is 1. The number of fused-ring (bicyclic) bond motifs is 1. The van der Waals surface area contributed by atoms with Gasteiger partial charge in [0, 0.05) is 30.5 Å². The third kappa shape index (κ3) is 3.20. The van der Waals surface area contributed by atoms with E-state index in [-0.39, 0.29) is 5.97 Å². The molecule has 0 aromatic carbocycles. The van der Waals surface area contributed by atoms with Crippen molar-refractivity contribution in [2.24, 2.45) is 0 Å². The molecule has 0 unspecified atom stereocenters. The molecule has 0 saturated carbocycles. The fraction of sp³-hybridized carbons (Fsp3) is 0.308. The van der Waals surface area contributed by atoms with Crippen LogP contribution in [0.2, 0.25) is 0 Å². The molecule has 2 aromatic rings. The van der Waals surface area contributed by atoms with Crippen molar-refractivity contribution < 1.29 is 9.53 Å². The van der Waals surface area contributed by atoms with Crippen molar-refractivity contribution in [3.05, 3.63) is 29.0 Å². The molecule has 0 aliphatic heterocycles. The summed E-state index contributed by atoms with van der Waals surface area (Å²) in [5.74, 6) is -0.221. The van der Waals surface area contributed by atoms with Crippen LogP contribution in [0.5, 0.6) is 0 Å². The van der Waals surface area contributed by atoms with E-state index in [4.69, 9.17) is 0 Å². The van der Waals surface area contributed by atoms with E-state index < -0.39 is 0 Å². The van der Waals surface area contributed by atoms with Crippen LogP contribution < -0.4 is 4.90 Å². The molecular weight excluding hydrogens is 310 g/mol. The lowest BCUT2D eigenvalue weighted by Crippen LogP contribution is -2.22. The summed E-state index contributed by atoms with van der Waals surface area (Å²) in [4.78, 5) is 21.8. The van der Waals surface area contributed by atoms with Gasteiger partial charge < -0.3 is 9.64 Å². The maximum Gasteiger partial charge on any atom is 0.307 e. The molecule has 0 fully saturated rings. The Morgan fingerprint density at radius 3 is 3.00 bits per heavy atom. The molecule has 19 heavy (non-hydrogen) atoms. The molecule has 0 N–H and O–H groups in total. The normalized spacial score (nSPS) is 10.5. The average molecular weight is 324 g/mol. The van der Waals surface area contributed by atoms with Crippen molar-refractivity contribution >= 4 is 38.6 Å². The van der Waals surface area contributed by atoms with E-state index in [1.165, 1.54) is 7.11 Å². The van der Waals surface area contributed by atoms with Gasteiger partial charge in [0.1, 0.15) is 5.52 Å². The van der Waals surface area contributed by atoms with Gasteiger partial charge in [-0.2, -0.15) is 0 Å². The highest BCUT2D eigenvalue weighted by Gasteiger charge is 2.10. The molecule has 0 atom stereocenters. The first-order valence-corrected chi connectivity index (χ1v) is 6.59. The smallest absolute Gasteiger partial charge is 0.307 e. The van der Waals surface area contributed by atoms with Gasteiger partial charge in [-0.1, -0.05) is 0 Å². The number of rotatable bonds is 4. The summed E-state index contributed by atoms with van der Waals surface area (Å²) in [6, 6.07) is 3.81. The molecule has 2 aromatic heterocycles. The lowest BCUT2D eigenvalue weighted by atomic mass is 10.2. The van der Waals surface area contributed by atoms with Crippen LogP contribution in [-0.2, 0) is 9.53 Å². The van der Waals surface area contributed by atoms with Gasteiger partial charge in [0.2, 0.25) is 0 Å². The van der Waals surface area contributed by atoms with Crippen LogP contribution in [0.15, 0.2) is 29.0 Å². The zero-order valence-corrected chi connectivity index (χ0v) is 12.3. The van der Waals surface area contributed by atoms with Gasteiger partial charge in [-0.3, -0.25) is 14.8 Å². The maximum absolute atomic E-state index is 11.2. The minimum absolute atomic E-state index is 0.221. The molecule has 5 nitrogen and oxygen atoms in total. The minimum Gasteiger partial charge on any atom is -0.469 e. The zero-order valence-electron chi connectivity index (χ0n) is 10.8. The second-order valence-electron chi connectivity index (χ2n) is 4.10. The Kier molecular flexibility index (Phi) is 4.31. The molecular formula is C13H14BrN3O2. The molecule has 0 aliphatic rings. The van der Waals surface area contributed by atoms with Gasteiger partial charge in [0.25, 0.3) is 0 Å². The van der Waals surface area contributed by atoms with Crippen molar-refractivity contribution in [3.63, 3.8) is 0 Å². The number of carbonyl (C=O) groups excluding carboxylic acids is 1. The first kappa shape index (κ1) is 13.7. The summed E-state index contributed by atoms with van der Waals surface area (Å²) in [7, 11) is 3.31. The molecule has 0 aliphatic carbocycles. The first-order valence-electron chi connectivity index (χ1n) is 5.80. The van der Waals surface area contributed by atoms with Gasteiger partial charge in [0.15, 0.2) is 0 Å². The van der Waals surface area contributed by atoms with E-state index in [1.54, 1.807) is 12.4 Å². The monoisotopic (exact) mass is 323 g/mol. The van der Waals surface area contributed by atoms with Crippen LogP contribution in [-0.4, -0.2) is 36.6 Å². The average Bonchev–Trinajstić information content (AvgIpc) is 2.43. The topological polar surface area (TPSA) is 55.3 Å². The summed E-state index contributed by atoms with van der Waals surface area (Å²) in [6.07, 6.45) is 3.81. The van der Waals surface area contributed by atoms with E-state index in [9.17, 15) is 4.79 Å². The number of pyridine rings is 2. The lowest BCUT2D eigenvalue weighted by Gasteiger charge is -2.19. The van der Waals surface area contributed by atoms with Crippen LogP contribution in [0.1, 0.15) is 6.42 Å². The predicted octanol–water partition coefficient (Wildman–Crippen LogP) is 2.39. The maximum atomic E-state index is 11.2. The Hall–Kier alpha value is -1.69. The second kappa shape index (κ2) is 5.97. The summed E-state index contributed by atoms with van der Waals surface area (Å²) < 4.78 is 5.53. The third-order valence-corrected chi connectivity index (χ3v) is 3.25. The number of anilines is 1. The van der Waals surface area contributed by atoms with Crippen molar-refractivity contribution in [3.8, 4) is 0 Å². The molecule has 0 bridgehead atoms. The Morgan fingerprint density at radius 2 is 2.26 bits per heavy atom. The first-order chi connectivity index (χ1) is 9.11. The number of carbonyl (C=O) groups is 1. The fourth-order valence-corrected chi connectivity index (χ4v) is 2.10. The molecule has 0 saturated heterocycles. The third-order valence-electron chi connectivity index (χ3n) is 2.81. The van der Waals surface area contributed by atoms with Gasteiger partial charge in [0.05, 0.1) is 24.7 Å². The Balaban J connectivity index is 2.26. The molecule has 2 heterocycles. The SMILES string of the molecule is COC(=O)CCN(C)c1ccnc2cc(Br)cnc12. The Bertz CT molecular complexity index is 603. The number of nitrogens with zero attached hydrogens (tertiary/aromatic N) is 3. The minimum atomic E-state index is -0.221. The van der Waals surface area contributed by atoms with Gasteiger partial charge in [-0.25, -0.2) is 0 Å². The highest BCUT2D eigenvalue weighted by Crippen LogP contribution is 2.24. The molecule has 0 radical (unpaired) electrons. The van der Waals surface area contributed by atoms with Gasteiger partial charge >= 0.3 is 5.97 Å². The van der Waals surface area contributed by atoms with Crippen LogP contribution in [0.3, 0.4) is 0 Å². The van der Waals surface area contributed by atoms with E-state index in [0.717, 1.165) is 21.2 Å². The number of methoxy groups -OCH3 is 1. The van der Waals surface area contributed by atoms with E-state index in [2.05, 4.69) is 30.6 Å². The van der Waals surface area contributed by atoms with Crippen molar-refractivity contribution in [2.75, 3.05) is 25.6 Å². The van der Waals surface area contributed by atoms with E-state index in [1.807, 2.05) is 24.1 Å². The second-order valence-corrected chi connectivity index (χ2v) is 5.01. The highest BCUT2D eigenvalue weighted by atomic mass is 79.9. The van der Waals surface area contributed by atoms with E-state index >= 15 is 0 Å². The molecule has 2 rings (SSSR count).